The minimum atomic E-state index is -0.392. The molecule has 0 bridgehead atoms. The maximum atomic E-state index is 11.4. The number of rotatable bonds is 9. The second kappa shape index (κ2) is 9.34. The van der Waals surface area contributed by atoms with Crippen molar-refractivity contribution in [3.05, 3.63) is 0 Å². The molecule has 0 saturated heterocycles. The Morgan fingerprint density at radius 1 is 1.17 bits per heavy atom. The summed E-state index contributed by atoms with van der Waals surface area (Å²) < 4.78 is 10.7. The molecular weight excluding hydrogens is 230 g/mol. The predicted molar refractivity (Wildman–Crippen MR) is 73.6 cm³/mol. The Hall–Kier alpha value is -0.610. The average molecular weight is 259 g/mol. The number of hydrogen-bond acceptors (Lipinski definition) is 4. The molecule has 0 heterocycles. The zero-order valence-corrected chi connectivity index (χ0v) is 12.5. The fourth-order valence-electron chi connectivity index (χ4n) is 1.27. The van der Waals surface area contributed by atoms with Gasteiger partial charge in [0.25, 0.3) is 0 Å². The van der Waals surface area contributed by atoms with E-state index in [2.05, 4.69) is 19.2 Å². The lowest BCUT2D eigenvalue weighted by atomic mass is 10.1. The molecule has 0 aliphatic heterocycles. The zero-order valence-electron chi connectivity index (χ0n) is 12.5. The largest absolute Gasteiger partial charge is 0.460 e. The molecule has 0 aliphatic rings. The van der Waals surface area contributed by atoms with Crippen LogP contribution in [-0.4, -0.2) is 37.9 Å². The SMILES string of the molecule is CC(C)CCOCCNCCC(=O)OC(C)(C)C. The Kier molecular flexibility index (Phi) is 9.02. The molecule has 108 valence electrons. The molecule has 18 heavy (non-hydrogen) atoms. The topological polar surface area (TPSA) is 47.6 Å². The van der Waals surface area contributed by atoms with Crippen LogP contribution in [0.25, 0.3) is 0 Å². The Morgan fingerprint density at radius 3 is 2.39 bits per heavy atom. The molecule has 0 amide bonds. The summed E-state index contributed by atoms with van der Waals surface area (Å²) in [5, 5.41) is 3.16. The standard InChI is InChI=1S/C14H29NO3/c1-12(2)7-10-17-11-9-15-8-6-13(16)18-14(3,4)5/h12,15H,6-11H2,1-5H3. The van der Waals surface area contributed by atoms with Crippen molar-refractivity contribution in [2.24, 2.45) is 5.92 Å². The van der Waals surface area contributed by atoms with Crippen LogP contribution in [0.2, 0.25) is 0 Å². The summed E-state index contributed by atoms with van der Waals surface area (Å²) in [6.45, 7) is 12.9. The van der Waals surface area contributed by atoms with Crippen LogP contribution >= 0.6 is 0 Å². The number of ether oxygens (including phenoxy) is 2. The quantitative estimate of drug-likeness (QED) is 0.510. The van der Waals surface area contributed by atoms with Gasteiger partial charge in [-0.25, -0.2) is 0 Å². The number of nitrogens with one attached hydrogen (secondary N) is 1. The lowest BCUT2D eigenvalue weighted by Gasteiger charge is -2.19. The van der Waals surface area contributed by atoms with Gasteiger partial charge in [-0.05, 0) is 33.1 Å². The molecule has 0 atom stereocenters. The van der Waals surface area contributed by atoms with Gasteiger partial charge in [-0.1, -0.05) is 13.8 Å². The van der Waals surface area contributed by atoms with Crippen LogP contribution in [0.3, 0.4) is 0 Å². The molecule has 0 saturated carbocycles. The maximum absolute atomic E-state index is 11.4. The number of carbonyl (C=O) groups excluding carboxylic acids is 1. The summed E-state index contributed by atoms with van der Waals surface area (Å²) in [5.41, 5.74) is -0.392. The van der Waals surface area contributed by atoms with E-state index in [1.165, 1.54) is 0 Å². The van der Waals surface area contributed by atoms with Gasteiger partial charge in [0, 0.05) is 19.7 Å². The van der Waals surface area contributed by atoms with Gasteiger partial charge in [-0.3, -0.25) is 4.79 Å². The monoisotopic (exact) mass is 259 g/mol. The number of esters is 1. The van der Waals surface area contributed by atoms with Crippen molar-refractivity contribution in [1.82, 2.24) is 5.32 Å². The first-order valence-corrected chi connectivity index (χ1v) is 6.81. The van der Waals surface area contributed by atoms with E-state index in [1.807, 2.05) is 20.8 Å². The van der Waals surface area contributed by atoms with E-state index >= 15 is 0 Å². The van der Waals surface area contributed by atoms with Crippen molar-refractivity contribution in [3.63, 3.8) is 0 Å². The normalized spacial score (nSPS) is 11.9. The Morgan fingerprint density at radius 2 is 1.83 bits per heavy atom. The van der Waals surface area contributed by atoms with Crippen molar-refractivity contribution in [2.75, 3.05) is 26.3 Å². The van der Waals surface area contributed by atoms with Crippen LogP contribution in [0.1, 0.15) is 47.5 Å². The van der Waals surface area contributed by atoms with Gasteiger partial charge in [-0.2, -0.15) is 0 Å². The van der Waals surface area contributed by atoms with Gasteiger partial charge in [-0.15, -0.1) is 0 Å². The first kappa shape index (κ1) is 17.4. The van der Waals surface area contributed by atoms with Crippen LogP contribution in [-0.2, 0) is 14.3 Å². The minimum absolute atomic E-state index is 0.157. The molecule has 1 N–H and O–H groups in total. The van der Waals surface area contributed by atoms with E-state index in [1.54, 1.807) is 0 Å². The number of hydrogen-bond donors (Lipinski definition) is 1. The van der Waals surface area contributed by atoms with Crippen molar-refractivity contribution in [2.45, 2.75) is 53.1 Å². The molecule has 4 nitrogen and oxygen atoms in total. The molecule has 0 aromatic rings. The Balaban J connectivity index is 3.28. The molecule has 4 heteroatoms. The molecule has 0 aliphatic carbocycles. The molecule has 0 fully saturated rings. The molecule has 0 unspecified atom stereocenters. The van der Waals surface area contributed by atoms with Crippen LogP contribution < -0.4 is 5.32 Å². The van der Waals surface area contributed by atoms with Crippen molar-refractivity contribution in [3.8, 4) is 0 Å². The van der Waals surface area contributed by atoms with Gasteiger partial charge in [0.15, 0.2) is 0 Å². The van der Waals surface area contributed by atoms with E-state index in [0.717, 1.165) is 19.6 Å². The van der Waals surface area contributed by atoms with Gasteiger partial charge in [0.1, 0.15) is 5.60 Å². The predicted octanol–water partition coefficient (Wildman–Crippen LogP) is 2.37. The second-order valence-electron chi connectivity index (χ2n) is 5.88. The summed E-state index contributed by atoms with van der Waals surface area (Å²) in [4.78, 5) is 11.4. The fraction of sp³-hybridized carbons (Fsp3) is 0.929. The molecular formula is C14H29NO3. The van der Waals surface area contributed by atoms with E-state index in [4.69, 9.17) is 9.47 Å². The maximum Gasteiger partial charge on any atom is 0.307 e. The van der Waals surface area contributed by atoms with Crippen LogP contribution in [0.15, 0.2) is 0 Å². The van der Waals surface area contributed by atoms with Crippen molar-refractivity contribution in [1.29, 1.82) is 0 Å². The minimum Gasteiger partial charge on any atom is -0.460 e. The highest BCUT2D eigenvalue weighted by atomic mass is 16.6. The van der Waals surface area contributed by atoms with Crippen molar-refractivity contribution >= 4 is 5.97 Å². The zero-order chi connectivity index (χ0) is 14.0. The fourth-order valence-corrected chi connectivity index (χ4v) is 1.27. The number of carbonyl (C=O) groups is 1. The lowest BCUT2D eigenvalue weighted by Crippen LogP contribution is -2.28. The third-order valence-corrected chi connectivity index (χ3v) is 2.19. The van der Waals surface area contributed by atoms with Crippen LogP contribution in [0, 0.1) is 5.92 Å². The van der Waals surface area contributed by atoms with E-state index in [-0.39, 0.29) is 5.97 Å². The van der Waals surface area contributed by atoms with Crippen LogP contribution in [0.5, 0.6) is 0 Å². The Labute approximate surface area is 111 Å². The summed E-state index contributed by atoms with van der Waals surface area (Å²) in [6, 6.07) is 0. The molecule has 0 aromatic heterocycles. The van der Waals surface area contributed by atoms with Gasteiger partial charge in [0.05, 0.1) is 13.0 Å². The Bertz CT molecular complexity index is 222. The first-order chi connectivity index (χ1) is 8.31. The summed E-state index contributed by atoms with van der Waals surface area (Å²) in [6.07, 6.45) is 1.50. The first-order valence-electron chi connectivity index (χ1n) is 6.81. The lowest BCUT2D eigenvalue weighted by molar-refractivity contribution is -0.154. The van der Waals surface area contributed by atoms with E-state index in [0.29, 0.717) is 25.5 Å². The van der Waals surface area contributed by atoms with Gasteiger partial charge >= 0.3 is 5.97 Å². The molecule has 0 spiro atoms. The smallest absolute Gasteiger partial charge is 0.307 e. The highest BCUT2D eigenvalue weighted by molar-refractivity contribution is 5.70. The highest BCUT2D eigenvalue weighted by Gasteiger charge is 2.15. The third-order valence-electron chi connectivity index (χ3n) is 2.19. The summed E-state index contributed by atoms with van der Waals surface area (Å²) in [5.74, 6) is 0.529. The van der Waals surface area contributed by atoms with Crippen LogP contribution in [0.4, 0.5) is 0 Å². The molecule has 0 aromatic carbocycles. The van der Waals surface area contributed by atoms with Gasteiger partial charge in [0.2, 0.25) is 0 Å². The van der Waals surface area contributed by atoms with Gasteiger partial charge < -0.3 is 14.8 Å². The molecule has 0 radical (unpaired) electrons. The summed E-state index contributed by atoms with van der Waals surface area (Å²) >= 11 is 0. The van der Waals surface area contributed by atoms with E-state index < -0.39 is 5.60 Å². The highest BCUT2D eigenvalue weighted by Crippen LogP contribution is 2.07. The molecule has 0 rings (SSSR count). The van der Waals surface area contributed by atoms with Crippen molar-refractivity contribution < 1.29 is 14.3 Å². The third kappa shape index (κ3) is 13.5. The van der Waals surface area contributed by atoms with E-state index in [9.17, 15) is 4.79 Å². The average Bonchev–Trinajstić information content (AvgIpc) is 2.18. The summed E-state index contributed by atoms with van der Waals surface area (Å²) in [7, 11) is 0. The second-order valence-corrected chi connectivity index (χ2v) is 5.88.